The Labute approximate surface area is 179 Å². The van der Waals surface area contributed by atoms with E-state index in [1.54, 1.807) is 4.68 Å². The van der Waals surface area contributed by atoms with Crippen LogP contribution in [0.2, 0.25) is 0 Å². The number of H-pyrrole nitrogens is 1. The number of nitrogens with one attached hydrogen (secondary N) is 2. The highest BCUT2D eigenvalue weighted by Crippen LogP contribution is 2.19. The lowest BCUT2D eigenvalue weighted by Gasteiger charge is -2.06. The first-order valence-corrected chi connectivity index (χ1v) is 10.1. The third-order valence-electron chi connectivity index (χ3n) is 4.36. The highest BCUT2D eigenvalue weighted by molar-refractivity contribution is 7.99. The van der Waals surface area contributed by atoms with Gasteiger partial charge in [0.1, 0.15) is 5.39 Å². The van der Waals surface area contributed by atoms with E-state index in [0.717, 1.165) is 23.0 Å². The quantitative estimate of drug-likeness (QED) is 0.205. The number of thioether (sulfide) groups is 1. The molecule has 2 aromatic carbocycles. The van der Waals surface area contributed by atoms with Crippen molar-refractivity contribution >= 4 is 40.1 Å². The second-order valence-electron chi connectivity index (χ2n) is 6.64. The van der Waals surface area contributed by atoms with Gasteiger partial charge in [0.05, 0.1) is 22.6 Å². The molecule has 2 aromatic heterocycles. The maximum Gasteiger partial charge on any atom is 0.269 e. The van der Waals surface area contributed by atoms with Gasteiger partial charge in [-0.05, 0) is 36.8 Å². The van der Waals surface area contributed by atoms with Crippen molar-refractivity contribution in [1.29, 1.82) is 0 Å². The second-order valence-corrected chi connectivity index (χ2v) is 7.61. The third-order valence-corrected chi connectivity index (χ3v) is 5.24. The molecule has 0 fully saturated rings. The molecule has 0 aliphatic heterocycles. The van der Waals surface area contributed by atoms with E-state index < -0.39 is 4.92 Å². The van der Waals surface area contributed by atoms with Crippen molar-refractivity contribution < 1.29 is 9.72 Å². The Morgan fingerprint density at radius 1 is 1.26 bits per heavy atom. The first-order valence-electron chi connectivity index (χ1n) is 9.13. The topological polar surface area (TPSA) is 136 Å². The molecule has 0 aliphatic carbocycles. The van der Waals surface area contributed by atoms with Crippen molar-refractivity contribution in [3.63, 3.8) is 0 Å². The lowest BCUT2D eigenvalue weighted by atomic mass is 10.2. The summed E-state index contributed by atoms with van der Waals surface area (Å²) in [4.78, 5) is 41.9. The molecule has 4 rings (SSSR count). The van der Waals surface area contributed by atoms with Crippen LogP contribution in [-0.2, 0) is 4.79 Å². The number of aromatic amines is 1. The van der Waals surface area contributed by atoms with E-state index in [1.165, 1.54) is 30.5 Å². The van der Waals surface area contributed by atoms with Crippen LogP contribution in [0.3, 0.4) is 0 Å². The SMILES string of the molecule is Cc1cccc(-n2ncc3c(=O)[nH]c(SCC(=O)Nc4ccc([N+](=O)[O-])cc4)nc32)c1. The van der Waals surface area contributed by atoms with Gasteiger partial charge in [0.2, 0.25) is 5.91 Å². The minimum Gasteiger partial charge on any atom is -0.325 e. The summed E-state index contributed by atoms with van der Waals surface area (Å²) in [5.74, 6) is -0.349. The van der Waals surface area contributed by atoms with Gasteiger partial charge in [-0.15, -0.1) is 0 Å². The van der Waals surface area contributed by atoms with Gasteiger partial charge in [-0.25, -0.2) is 9.67 Å². The summed E-state index contributed by atoms with van der Waals surface area (Å²) in [6.07, 6.45) is 1.46. The number of anilines is 1. The van der Waals surface area contributed by atoms with E-state index in [1.807, 2.05) is 31.2 Å². The molecular formula is C20H16N6O4S. The van der Waals surface area contributed by atoms with Crippen molar-refractivity contribution in [2.24, 2.45) is 0 Å². The minimum atomic E-state index is -0.513. The number of amides is 1. The maximum absolute atomic E-state index is 12.4. The number of nitro groups is 1. The number of non-ortho nitro benzene ring substituents is 1. The number of rotatable bonds is 6. The largest absolute Gasteiger partial charge is 0.325 e. The number of carbonyl (C=O) groups is 1. The second kappa shape index (κ2) is 8.40. The molecule has 2 N–H and O–H groups in total. The first kappa shape index (κ1) is 20.3. The molecule has 0 bridgehead atoms. The zero-order valence-corrected chi connectivity index (χ0v) is 17.0. The Balaban J connectivity index is 1.51. The van der Waals surface area contributed by atoms with Crippen LogP contribution >= 0.6 is 11.8 Å². The summed E-state index contributed by atoms with van der Waals surface area (Å²) in [7, 11) is 0. The van der Waals surface area contributed by atoms with Gasteiger partial charge in [-0.1, -0.05) is 23.9 Å². The predicted octanol–water partition coefficient (Wildman–Crippen LogP) is 3.06. The number of fused-ring (bicyclic) bond motifs is 1. The van der Waals surface area contributed by atoms with Crippen LogP contribution in [0.1, 0.15) is 5.56 Å². The van der Waals surface area contributed by atoms with E-state index in [-0.39, 0.29) is 28.1 Å². The molecule has 1 amide bonds. The van der Waals surface area contributed by atoms with Crippen molar-refractivity contribution in [1.82, 2.24) is 19.7 Å². The Morgan fingerprint density at radius 2 is 2.03 bits per heavy atom. The summed E-state index contributed by atoms with van der Waals surface area (Å²) in [6, 6.07) is 13.2. The molecule has 156 valence electrons. The summed E-state index contributed by atoms with van der Waals surface area (Å²) in [5.41, 5.74) is 2.25. The third kappa shape index (κ3) is 4.46. The smallest absolute Gasteiger partial charge is 0.269 e. The van der Waals surface area contributed by atoms with Gasteiger partial charge in [-0.2, -0.15) is 5.10 Å². The van der Waals surface area contributed by atoms with E-state index in [4.69, 9.17) is 0 Å². The first-order chi connectivity index (χ1) is 14.9. The van der Waals surface area contributed by atoms with Crippen LogP contribution < -0.4 is 10.9 Å². The summed E-state index contributed by atoms with van der Waals surface area (Å²) in [6.45, 7) is 1.96. The molecule has 0 saturated heterocycles. The van der Waals surface area contributed by atoms with Crippen molar-refractivity contribution in [2.45, 2.75) is 12.1 Å². The molecule has 31 heavy (non-hydrogen) atoms. The number of hydrogen-bond acceptors (Lipinski definition) is 7. The summed E-state index contributed by atoms with van der Waals surface area (Å²) in [5, 5.41) is 18.3. The van der Waals surface area contributed by atoms with Gasteiger partial charge in [0.15, 0.2) is 10.8 Å². The molecule has 2 heterocycles. The monoisotopic (exact) mass is 436 g/mol. The Hall–Kier alpha value is -3.99. The van der Waals surface area contributed by atoms with Gasteiger partial charge in [0.25, 0.3) is 11.2 Å². The van der Waals surface area contributed by atoms with Gasteiger partial charge in [-0.3, -0.25) is 19.7 Å². The number of hydrogen-bond donors (Lipinski definition) is 2. The lowest BCUT2D eigenvalue weighted by Crippen LogP contribution is -2.15. The number of aryl methyl sites for hydroxylation is 1. The Morgan fingerprint density at radius 3 is 2.74 bits per heavy atom. The Kier molecular flexibility index (Phi) is 5.50. The number of carbonyl (C=O) groups excluding carboxylic acids is 1. The fourth-order valence-corrected chi connectivity index (χ4v) is 3.57. The number of benzene rings is 2. The maximum atomic E-state index is 12.4. The molecule has 0 spiro atoms. The van der Waals surface area contributed by atoms with Gasteiger partial charge < -0.3 is 10.3 Å². The lowest BCUT2D eigenvalue weighted by molar-refractivity contribution is -0.384. The van der Waals surface area contributed by atoms with E-state index in [9.17, 15) is 19.7 Å². The van der Waals surface area contributed by atoms with Crippen LogP contribution in [-0.4, -0.2) is 36.3 Å². The van der Waals surface area contributed by atoms with Gasteiger partial charge in [0, 0.05) is 17.8 Å². The molecular weight excluding hydrogens is 420 g/mol. The van der Waals surface area contributed by atoms with Crippen LogP contribution in [0.25, 0.3) is 16.7 Å². The summed E-state index contributed by atoms with van der Waals surface area (Å²) < 4.78 is 1.58. The fraction of sp³-hybridized carbons (Fsp3) is 0.100. The van der Waals surface area contributed by atoms with Crippen molar-refractivity contribution in [3.05, 3.63) is 80.8 Å². The average molecular weight is 436 g/mol. The molecule has 0 atom stereocenters. The molecule has 10 nitrogen and oxygen atoms in total. The summed E-state index contributed by atoms with van der Waals surface area (Å²) >= 11 is 1.07. The highest BCUT2D eigenvalue weighted by Gasteiger charge is 2.13. The minimum absolute atomic E-state index is 0.00990. The number of nitro benzene ring substituents is 1. The van der Waals surface area contributed by atoms with Crippen molar-refractivity contribution in [2.75, 3.05) is 11.1 Å². The van der Waals surface area contributed by atoms with Crippen LogP contribution in [0.15, 0.2) is 64.7 Å². The standard InChI is InChI=1S/C20H16N6O4S/c1-12-3-2-4-15(9-12)25-18-16(10-21-25)19(28)24-20(23-18)31-11-17(27)22-13-5-7-14(8-6-13)26(29)30/h2-10H,11H2,1H3,(H,22,27)(H,23,24,28). The molecule has 4 aromatic rings. The highest BCUT2D eigenvalue weighted by atomic mass is 32.2. The Bertz CT molecular complexity index is 1350. The fourth-order valence-electron chi connectivity index (χ4n) is 2.91. The number of aromatic nitrogens is 4. The number of nitrogens with zero attached hydrogens (tertiary/aromatic N) is 4. The zero-order valence-electron chi connectivity index (χ0n) is 16.2. The predicted molar refractivity (Wildman–Crippen MR) is 117 cm³/mol. The van der Waals surface area contributed by atoms with E-state index in [2.05, 4.69) is 20.4 Å². The molecule has 11 heteroatoms. The molecule has 0 radical (unpaired) electrons. The normalized spacial score (nSPS) is 10.9. The molecule has 0 aliphatic rings. The van der Waals surface area contributed by atoms with Crippen LogP contribution in [0.5, 0.6) is 0 Å². The van der Waals surface area contributed by atoms with E-state index in [0.29, 0.717) is 16.7 Å². The molecule has 0 unspecified atom stereocenters. The van der Waals surface area contributed by atoms with Crippen molar-refractivity contribution in [3.8, 4) is 5.69 Å². The van der Waals surface area contributed by atoms with Crippen LogP contribution in [0, 0.1) is 17.0 Å². The molecule has 0 saturated carbocycles. The van der Waals surface area contributed by atoms with E-state index >= 15 is 0 Å². The van der Waals surface area contributed by atoms with Gasteiger partial charge >= 0.3 is 0 Å². The zero-order chi connectivity index (χ0) is 22.0. The average Bonchev–Trinajstić information content (AvgIpc) is 3.17. The van der Waals surface area contributed by atoms with Crippen LogP contribution in [0.4, 0.5) is 11.4 Å².